The lowest BCUT2D eigenvalue weighted by molar-refractivity contribution is -0.143. The fourth-order valence-corrected chi connectivity index (χ4v) is 2.10. The largest absolute Gasteiger partial charge is 0.480 e. The van der Waals surface area contributed by atoms with Crippen LogP contribution in [0.15, 0.2) is 0 Å². The van der Waals surface area contributed by atoms with Gasteiger partial charge in [0.05, 0.1) is 12.7 Å². The summed E-state index contributed by atoms with van der Waals surface area (Å²) in [6.07, 6.45) is 0.742. The van der Waals surface area contributed by atoms with Crippen LogP contribution in [0.3, 0.4) is 0 Å². The Morgan fingerprint density at radius 3 is 2.88 bits per heavy atom. The van der Waals surface area contributed by atoms with Gasteiger partial charge in [-0.15, -0.1) is 0 Å². The molecule has 0 aromatic rings. The zero-order chi connectivity index (χ0) is 12.1. The predicted molar refractivity (Wildman–Crippen MR) is 61.6 cm³/mol. The van der Waals surface area contributed by atoms with Crippen molar-refractivity contribution in [2.24, 2.45) is 0 Å². The Labute approximate surface area is 97.0 Å². The molecule has 2 atom stereocenters. The van der Waals surface area contributed by atoms with Gasteiger partial charge in [-0.25, -0.2) is 0 Å². The van der Waals surface area contributed by atoms with Gasteiger partial charge in [0.25, 0.3) is 0 Å². The van der Waals surface area contributed by atoms with E-state index in [1.54, 1.807) is 0 Å². The number of carbonyl (C=O) groups is 1. The first kappa shape index (κ1) is 13.4. The predicted octanol–water partition coefficient (Wildman–Crippen LogP) is 0.112. The molecule has 5 nitrogen and oxygen atoms in total. The molecule has 0 radical (unpaired) electrons. The number of hydrogen-bond acceptors (Lipinski definition) is 4. The van der Waals surface area contributed by atoms with E-state index in [1.807, 2.05) is 18.9 Å². The van der Waals surface area contributed by atoms with Crippen molar-refractivity contribution in [3.63, 3.8) is 0 Å². The fraction of sp³-hybridized carbons (Fsp3) is 0.909. The monoisotopic (exact) mass is 230 g/mol. The van der Waals surface area contributed by atoms with E-state index in [1.165, 1.54) is 0 Å². The molecule has 0 amide bonds. The van der Waals surface area contributed by atoms with Crippen LogP contribution in [-0.2, 0) is 9.53 Å². The molecular formula is C11H22N2O3. The Morgan fingerprint density at radius 1 is 1.69 bits per heavy atom. The second-order valence-electron chi connectivity index (χ2n) is 4.46. The highest BCUT2D eigenvalue weighted by Gasteiger charge is 2.25. The summed E-state index contributed by atoms with van der Waals surface area (Å²) in [5.74, 6) is -0.755. The molecule has 0 aromatic carbocycles. The zero-order valence-electron chi connectivity index (χ0n) is 10.3. The van der Waals surface area contributed by atoms with Crippen molar-refractivity contribution in [2.75, 3.05) is 40.3 Å². The van der Waals surface area contributed by atoms with Gasteiger partial charge >= 0.3 is 5.97 Å². The smallest absolute Gasteiger partial charge is 0.320 e. The Hall–Kier alpha value is -0.650. The average Bonchev–Trinajstić information content (AvgIpc) is 2.17. The molecule has 0 saturated carbocycles. The molecule has 0 spiro atoms. The molecule has 1 aliphatic heterocycles. The SMILES string of the molecule is CCC(C(=O)O)N(C)CC1CN(C)CCO1. The summed E-state index contributed by atoms with van der Waals surface area (Å²) in [6.45, 7) is 5.13. The minimum absolute atomic E-state index is 0.122. The van der Waals surface area contributed by atoms with Crippen LogP contribution in [0.2, 0.25) is 0 Å². The number of hydrogen-bond donors (Lipinski definition) is 1. The van der Waals surface area contributed by atoms with Crippen LogP contribution >= 0.6 is 0 Å². The molecule has 2 unspecified atom stereocenters. The van der Waals surface area contributed by atoms with Gasteiger partial charge < -0.3 is 14.7 Å². The van der Waals surface area contributed by atoms with Crippen LogP contribution in [0.25, 0.3) is 0 Å². The molecular weight excluding hydrogens is 208 g/mol. The Morgan fingerprint density at radius 2 is 2.38 bits per heavy atom. The van der Waals surface area contributed by atoms with E-state index < -0.39 is 12.0 Å². The van der Waals surface area contributed by atoms with Crippen molar-refractivity contribution in [1.29, 1.82) is 0 Å². The van der Waals surface area contributed by atoms with Gasteiger partial charge in [-0.05, 0) is 20.5 Å². The number of aliphatic carboxylic acids is 1. The first-order chi connectivity index (χ1) is 7.54. The number of carboxylic acids is 1. The number of morpholine rings is 1. The van der Waals surface area contributed by atoms with Crippen molar-refractivity contribution in [2.45, 2.75) is 25.5 Å². The minimum Gasteiger partial charge on any atom is -0.480 e. The van der Waals surface area contributed by atoms with Crippen molar-refractivity contribution in [1.82, 2.24) is 9.80 Å². The average molecular weight is 230 g/mol. The van der Waals surface area contributed by atoms with Crippen LogP contribution in [0.1, 0.15) is 13.3 Å². The maximum Gasteiger partial charge on any atom is 0.320 e. The van der Waals surface area contributed by atoms with Gasteiger partial charge in [0, 0.05) is 19.6 Å². The normalized spacial score (nSPS) is 24.6. The first-order valence-electron chi connectivity index (χ1n) is 5.77. The van der Waals surface area contributed by atoms with E-state index in [0.29, 0.717) is 13.0 Å². The van der Waals surface area contributed by atoms with Crippen molar-refractivity contribution >= 4 is 5.97 Å². The Kier molecular flexibility index (Phi) is 5.18. The number of ether oxygens (including phenoxy) is 1. The van der Waals surface area contributed by atoms with Crippen LogP contribution in [0, 0.1) is 0 Å². The second-order valence-corrected chi connectivity index (χ2v) is 4.46. The number of carboxylic acid groups (broad SMARTS) is 1. The molecule has 1 heterocycles. The quantitative estimate of drug-likeness (QED) is 0.726. The molecule has 1 saturated heterocycles. The van der Waals surface area contributed by atoms with E-state index >= 15 is 0 Å². The van der Waals surface area contributed by atoms with Gasteiger partial charge in [0.1, 0.15) is 6.04 Å². The van der Waals surface area contributed by atoms with Crippen LogP contribution in [0.4, 0.5) is 0 Å². The van der Waals surface area contributed by atoms with Crippen LogP contribution in [0.5, 0.6) is 0 Å². The molecule has 1 rings (SSSR count). The standard InChI is InChI=1S/C11H22N2O3/c1-4-10(11(14)15)13(3)8-9-7-12(2)5-6-16-9/h9-10H,4-8H2,1-3H3,(H,14,15). The maximum absolute atomic E-state index is 11.0. The lowest BCUT2D eigenvalue weighted by Crippen LogP contribution is -2.48. The molecule has 1 fully saturated rings. The van der Waals surface area contributed by atoms with E-state index in [-0.39, 0.29) is 6.10 Å². The van der Waals surface area contributed by atoms with Crippen molar-refractivity contribution < 1.29 is 14.6 Å². The van der Waals surface area contributed by atoms with Gasteiger partial charge in [0.15, 0.2) is 0 Å². The molecule has 0 bridgehead atoms. The minimum atomic E-state index is -0.755. The van der Waals surface area contributed by atoms with Gasteiger partial charge in [0.2, 0.25) is 0 Å². The summed E-state index contributed by atoms with van der Waals surface area (Å²) in [5, 5.41) is 9.03. The summed E-state index contributed by atoms with van der Waals surface area (Å²) in [5.41, 5.74) is 0. The highest BCUT2D eigenvalue weighted by molar-refractivity contribution is 5.73. The van der Waals surface area contributed by atoms with E-state index in [2.05, 4.69) is 11.9 Å². The maximum atomic E-state index is 11.0. The second kappa shape index (κ2) is 6.18. The molecule has 5 heteroatoms. The summed E-state index contributed by atoms with van der Waals surface area (Å²) >= 11 is 0. The first-order valence-corrected chi connectivity index (χ1v) is 5.77. The van der Waals surface area contributed by atoms with E-state index in [0.717, 1.165) is 19.7 Å². The summed E-state index contributed by atoms with van der Waals surface area (Å²) in [7, 11) is 3.91. The van der Waals surface area contributed by atoms with Gasteiger partial charge in [-0.1, -0.05) is 6.92 Å². The molecule has 0 aliphatic carbocycles. The summed E-state index contributed by atoms with van der Waals surface area (Å²) < 4.78 is 5.62. The van der Waals surface area contributed by atoms with Crippen LogP contribution in [-0.4, -0.2) is 73.4 Å². The number of rotatable bonds is 5. The molecule has 0 aromatic heterocycles. The summed E-state index contributed by atoms with van der Waals surface area (Å²) in [4.78, 5) is 15.1. The highest BCUT2D eigenvalue weighted by Crippen LogP contribution is 2.08. The van der Waals surface area contributed by atoms with Crippen LogP contribution < -0.4 is 0 Å². The number of nitrogens with zero attached hydrogens (tertiary/aromatic N) is 2. The molecule has 1 N–H and O–H groups in total. The lowest BCUT2D eigenvalue weighted by atomic mass is 10.2. The summed E-state index contributed by atoms with van der Waals surface area (Å²) in [6, 6.07) is -0.407. The lowest BCUT2D eigenvalue weighted by Gasteiger charge is -2.34. The van der Waals surface area contributed by atoms with Gasteiger partial charge in [-0.2, -0.15) is 0 Å². The third kappa shape index (κ3) is 3.73. The Bertz CT molecular complexity index is 235. The Balaban J connectivity index is 2.42. The van der Waals surface area contributed by atoms with Crippen molar-refractivity contribution in [3.8, 4) is 0 Å². The highest BCUT2D eigenvalue weighted by atomic mass is 16.5. The third-order valence-electron chi connectivity index (χ3n) is 3.04. The van der Waals surface area contributed by atoms with Crippen molar-refractivity contribution in [3.05, 3.63) is 0 Å². The van der Waals surface area contributed by atoms with E-state index in [9.17, 15) is 4.79 Å². The zero-order valence-corrected chi connectivity index (χ0v) is 10.3. The molecule has 94 valence electrons. The topological polar surface area (TPSA) is 53.0 Å². The fourth-order valence-electron chi connectivity index (χ4n) is 2.10. The van der Waals surface area contributed by atoms with E-state index in [4.69, 9.17) is 9.84 Å². The molecule has 1 aliphatic rings. The number of likely N-dealkylation sites (N-methyl/N-ethyl adjacent to an activating group) is 2. The third-order valence-corrected chi connectivity index (χ3v) is 3.04. The molecule has 16 heavy (non-hydrogen) atoms. The van der Waals surface area contributed by atoms with Gasteiger partial charge in [-0.3, -0.25) is 9.69 Å².